The van der Waals surface area contributed by atoms with E-state index in [9.17, 15) is 4.39 Å². The van der Waals surface area contributed by atoms with Crippen LogP contribution in [0.25, 0.3) is 0 Å². The summed E-state index contributed by atoms with van der Waals surface area (Å²) in [5.41, 5.74) is 0.697. The van der Waals surface area contributed by atoms with Gasteiger partial charge in [0.2, 0.25) is 5.95 Å². The molecule has 0 bridgehead atoms. The van der Waals surface area contributed by atoms with Crippen molar-refractivity contribution in [3.05, 3.63) is 23.8 Å². The minimum absolute atomic E-state index is 0.0141. The molecule has 0 amide bonds. The number of nitrogens with zero attached hydrogens (tertiary/aromatic N) is 2. The number of halogens is 1. The summed E-state index contributed by atoms with van der Waals surface area (Å²) in [6.45, 7) is 4.09. The average Bonchev–Trinajstić information content (AvgIpc) is 2.38. The summed E-state index contributed by atoms with van der Waals surface area (Å²) in [4.78, 5) is 5.66. The molecule has 0 aromatic carbocycles. The predicted molar refractivity (Wildman–Crippen MR) is 66.4 cm³/mol. The molecule has 1 atom stereocenters. The number of aliphatic hydroxyl groups excluding tert-OH is 1. The summed E-state index contributed by atoms with van der Waals surface area (Å²) in [5, 5.41) is 9.15. The van der Waals surface area contributed by atoms with Crippen molar-refractivity contribution in [2.45, 2.75) is 25.2 Å². The van der Waals surface area contributed by atoms with Gasteiger partial charge in [0.1, 0.15) is 5.60 Å². The Balaban J connectivity index is 1.92. The molecule has 1 aromatic heterocycles. The summed E-state index contributed by atoms with van der Waals surface area (Å²) < 4.78 is 25.0. The molecule has 3 heterocycles. The molecule has 2 saturated heterocycles. The predicted octanol–water partition coefficient (Wildman–Crippen LogP) is 0.707. The molecule has 0 aliphatic carbocycles. The lowest BCUT2D eigenvalue weighted by molar-refractivity contribution is -0.228. The molecule has 3 rings (SSSR count). The number of ether oxygens (including phenoxy) is 2. The van der Waals surface area contributed by atoms with Crippen molar-refractivity contribution >= 4 is 5.69 Å². The van der Waals surface area contributed by atoms with Gasteiger partial charge < -0.3 is 19.5 Å². The molecule has 0 radical (unpaired) electrons. The maximum atomic E-state index is 13.9. The number of aliphatic hydroxyl groups is 1. The Bertz CT molecular complexity index is 479. The quantitative estimate of drug-likeness (QED) is 0.801. The highest BCUT2D eigenvalue weighted by Crippen LogP contribution is 2.35. The zero-order valence-electron chi connectivity index (χ0n) is 10.8. The van der Waals surface area contributed by atoms with E-state index in [-0.39, 0.29) is 18.2 Å². The van der Waals surface area contributed by atoms with Gasteiger partial charge in [0.15, 0.2) is 0 Å². The number of hydrogen-bond acceptors (Lipinski definition) is 5. The minimum atomic E-state index is -0.513. The third kappa shape index (κ3) is 2.00. The highest BCUT2D eigenvalue weighted by atomic mass is 19.1. The number of anilines is 1. The second kappa shape index (κ2) is 4.70. The first kappa shape index (κ1) is 12.8. The van der Waals surface area contributed by atoms with E-state index in [4.69, 9.17) is 14.6 Å². The van der Waals surface area contributed by atoms with Gasteiger partial charge in [-0.25, -0.2) is 4.98 Å². The number of rotatable bonds is 2. The summed E-state index contributed by atoms with van der Waals surface area (Å²) in [7, 11) is 0. The number of pyridine rings is 1. The van der Waals surface area contributed by atoms with Crippen LogP contribution in [0.1, 0.15) is 12.5 Å². The van der Waals surface area contributed by atoms with Gasteiger partial charge in [-0.2, -0.15) is 4.39 Å². The van der Waals surface area contributed by atoms with Crippen molar-refractivity contribution in [1.82, 2.24) is 4.98 Å². The first-order chi connectivity index (χ1) is 9.16. The molecule has 19 heavy (non-hydrogen) atoms. The largest absolute Gasteiger partial charge is 0.392 e. The van der Waals surface area contributed by atoms with E-state index in [0.29, 0.717) is 37.6 Å². The van der Waals surface area contributed by atoms with Crippen molar-refractivity contribution in [2.24, 2.45) is 0 Å². The lowest BCUT2D eigenvalue weighted by atomic mass is 9.90. The van der Waals surface area contributed by atoms with Gasteiger partial charge >= 0.3 is 0 Å². The molecule has 2 aliphatic heterocycles. The standard InChI is InChI=1S/C13H17FN2O3/c1-9-13(7-18-8-13)19-3-2-16(9)11-4-10(6-17)5-15-12(11)14/h4-5,9,17H,2-3,6-8H2,1H3. The van der Waals surface area contributed by atoms with E-state index in [1.54, 1.807) is 6.07 Å². The lowest BCUT2D eigenvalue weighted by Gasteiger charge is -2.53. The summed E-state index contributed by atoms with van der Waals surface area (Å²) in [6.07, 6.45) is 1.35. The van der Waals surface area contributed by atoms with Crippen LogP contribution in [0.5, 0.6) is 0 Å². The third-order valence-electron chi connectivity index (χ3n) is 4.01. The van der Waals surface area contributed by atoms with Crippen molar-refractivity contribution in [2.75, 3.05) is 31.3 Å². The van der Waals surface area contributed by atoms with E-state index in [1.807, 2.05) is 11.8 Å². The van der Waals surface area contributed by atoms with Crippen LogP contribution in [0.3, 0.4) is 0 Å². The second-order valence-electron chi connectivity index (χ2n) is 5.09. The molecule has 1 spiro atoms. The van der Waals surface area contributed by atoms with Gasteiger partial charge in [0.25, 0.3) is 0 Å². The number of hydrogen-bond donors (Lipinski definition) is 1. The van der Waals surface area contributed by atoms with E-state index in [0.717, 1.165) is 0 Å². The normalized spacial score (nSPS) is 25.4. The van der Waals surface area contributed by atoms with E-state index < -0.39 is 5.95 Å². The third-order valence-corrected chi connectivity index (χ3v) is 4.01. The molecule has 2 aliphatic rings. The monoisotopic (exact) mass is 268 g/mol. The molecule has 1 unspecified atom stereocenters. The van der Waals surface area contributed by atoms with Crippen LogP contribution in [0, 0.1) is 5.95 Å². The van der Waals surface area contributed by atoms with Crippen LogP contribution in [-0.4, -0.2) is 48.1 Å². The van der Waals surface area contributed by atoms with Gasteiger partial charge in [-0.3, -0.25) is 0 Å². The highest BCUT2D eigenvalue weighted by Gasteiger charge is 2.50. The molecule has 6 heteroatoms. The molecule has 5 nitrogen and oxygen atoms in total. The summed E-state index contributed by atoms with van der Waals surface area (Å²) >= 11 is 0. The Kier molecular flexibility index (Phi) is 3.16. The fourth-order valence-electron chi connectivity index (χ4n) is 2.67. The van der Waals surface area contributed by atoms with Gasteiger partial charge in [-0.15, -0.1) is 0 Å². The van der Waals surface area contributed by atoms with Crippen molar-refractivity contribution in [1.29, 1.82) is 0 Å². The van der Waals surface area contributed by atoms with Gasteiger partial charge in [-0.1, -0.05) is 0 Å². The van der Waals surface area contributed by atoms with Crippen LogP contribution in [0.15, 0.2) is 12.3 Å². The Morgan fingerprint density at radius 2 is 2.37 bits per heavy atom. The molecule has 1 N–H and O–H groups in total. The van der Waals surface area contributed by atoms with Crippen LogP contribution < -0.4 is 4.90 Å². The van der Waals surface area contributed by atoms with Crippen LogP contribution in [0.2, 0.25) is 0 Å². The first-order valence-electron chi connectivity index (χ1n) is 6.40. The SMILES string of the molecule is CC1N(c2cc(CO)cnc2F)CCOC12COC2. The highest BCUT2D eigenvalue weighted by molar-refractivity contribution is 5.49. The Morgan fingerprint density at radius 1 is 1.58 bits per heavy atom. The second-order valence-corrected chi connectivity index (χ2v) is 5.09. The van der Waals surface area contributed by atoms with E-state index >= 15 is 0 Å². The molecule has 1 aromatic rings. The Hall–Kier alpha value is -1.24. The fraction of sp³-hybridized carbons (Fsp3) is 0.615. The Morgan fingerprint density at radius 3 is 3.00 bits per heavy atom. The van der Waals surface area contributed by atoms with Crippen molar-refractivity contribution in [3.63, 3.8) is 0 Å². The maximum absolute atomic E-state index is 13.9. The van der Waals surface area contributed by atoms with E-state index in [2.05, 4.69) is 4.98 Å². The maximum Gasteiger partial charge on any atom is 0.236 e. The topological polar surface area (TPSA) is 54.8 Å². The van der Waals surface area contributed by atoms with Crippen molar-refractivity contribution < 1.29 is 19.0 Å². The van der Waals surface area contributed by atoms with Crippen LogP contribution in [-0.2, 0) is 16.1 Å². The Labute approximate surface area is 111 Å². The fourth-order valence-corrected chi connectivity index (χ4v) is 2.67. The summed E-state index contributed by atoms with van der Waals surface area (Å²) in [6, 6.07) is 1.66. The van der Waals surface area contributed by atoms with Gasteiger partial charge in [0.05, 0.1) is 38.2 Å². The molecule has 104 valence electrons. The average molecular weight is 268 g/mol. The van der Waals surface area contributed by atoms with Gasteiger partial charge in [0, 0.05) is 12.7 Å². The first-order valence-corrected chi connectivity index (χ1v) is 6.40. The molecular weight excluding hydrogens is 251 g/mol. The van der Waals surface area contributed by atoms with Crippen LogP contribution >= 0.6 is 0 Å². The zero-order chi connectivity index (χ0) is 13.5. The number of morpholine rings is 1. The van der Waals surface area contributed by atoms with Crippen molar-refractivity contribution in [3.8, 4) is 0 Å². The van der Waals surface area contributed by atoms with Crippen LogP contribution in [0.4, 0.5) is 10.1 Å². The zero-order valence-corrected chi connectivity index (χ0v) is 10.8. The lowest BCUT2D eigenvalue weighted by Crippen LogP contribution is -2.68. The molecule has 2 fully saturated rings. The molecule has 0 saturated carbocycles. The minimum Gasteiger partial charge on any atom is -0.392 e. The smallest absolute Gasteiger partial charge is 0.236 e. The summed E-state index contributed by atoms with van der Waals surface area (Å²) in [5.74, 6) is -0.513. The van der Waals surface area contributed by atoms with Gasteiger partial charge in [-0.05, 0) is 18.6 Å². The van der Waals surface area contributed by atoms with E-state index in [1.165, 1.54) is 6.20 Å². The number of aromatic nitrogens is 1. The molecular formula is C13H17FN2O3.